The van der Waals surface area contributed by atoms with Crippen LogP contribution in [0.1, 0.15) is 29.7 Å². The fraction of sp³-hybridized carbons (Fsp3) is 0.190. The van der Waals surface area contributed by atoms with E-state index in [0.717, 1.165) is 22.4 Å². The third-order valence-corrected chi connectivity index (χ3v) is 5.08. The van der Waals surface area contributed by atoms with Gasteiger partial charge in [0.15, 0.2) is 0 Å². The van der Waals surface area contributed by atoms with Gasteiger partial charge in [0.05, 0.1) is 5.57 Å². The molecule has 7 heteroatoms. The molecule has 1 amide bonds. The van der Waals surface area contributed by atoms with E-state index in [-0.39, 0.29) is 11.7 Å². The van der Waals surface area contributed by atoms with Crippen LogP contribution in [0.4, 0.5) is 16.0 Å². The number of hydrogen-bond acceptors (Lipinski definition) is 4. The standard InChI is InChI=1S/C21H20FN5O/c1-12-5-4-6-17(13(12)2)26-20(28)18-14(3)25-21-23-11-24-27(21)19(18)15-7-9-16(22)10-8-15/h4-11,19H,1-3H3,(H,26,28)(H,23,24,25). The number of benzene rings is 2. The van der Waals surface area contributed by atoms with Crippen LogP contribution in [0.2, 0.25) is 0 Å². The number of rotatable bonds is 3. The van der Waals surface area contributed by atoms with Crippen molar-refractivity contribution < 1.29 is 9.18 Å². The van der Waals surface area contributed by atoms with E-state index in [1.807, 2.05) is 39.0 Å². The summed E-state index contributed by atoms with van der Waals surface area (Å²) < 4.78 is 15.1. The summed E-state index contributed by atoms with van der Waals surface area (Å²) in [6, 6.07) is 11.4. The molecule has 28 heavy (non-hydrogen) atoms. The van der Waals surface area contributed by atoms with Gasteiger partial charge in [-0.05, 0) is 55.7 Å². The molecule has 6 nitrogen and oxygen atoms in total. The highest BCUT2D eigenvalue weighted by Crippen LogP contribution is 2.35. The van der Waals surface area contributed by atoms with E-state index < -0.39 is 6.04 Å². The van der Waals surface area contributed by atoms with Gasteiger partial charge in [-0.1, -0.05) is 24.3 Å². The van der Waals surface area contributed by atoms with Gasteiger partial charge < -0.3 is 10.6 Å². The SMILES string of the molecule is CC1=C(C(=O)Nc2cccc(C)c2C)C(c2ccc(F)cc2)n2ncnc2N1. The molecule has 142 valence electrons. The van der Waals surface area contributed by atoms with Crippen LogP contribution < -0.4 is 10.6 Å². The van der Waals surface area contributed by atoms with Crippen molar-refractivity contribution in [1.82, 2.24) is 14.8 Å². The quantitative estimate of drug-likeness (QED) is 0.725. The summed E-state index contributed by atoms with van der Waals surface area (Å²) in [5.74, 6) is -0.0390. The van der Waals surface area contributed by atoms with Crippen molar-refractivity contribution >= 4 is 17.5 Å². The fourth-order valence-corrected chi connectivity index (χ4v) is 3.41. The zero-order valence-corrected chi connectivity index (χ0v) is 15.8. The number of nitrogens with one attached hydrogen (secondary N) is 2. The van der Waals surface area contributed by atoms with Gasteiger partial charge in [-0.3, -0.25) is 4.79 Å². The molecule has 0 radical (unpaired) electrons. The highest BCUT2D eigenvalue weighted by molar-refractivity contribution is 6.06. The molecule has 1 aliphatic heterocycles. The number of nitrogens with zero attached hydrogens (tertiary/aromatic N) is 3. The van der Waals surface area contributed by atoms with Crippen molar-refractivity contribution in [3.05, 3.63) is 82.6 Å². The minimum atomic E-state index is -0.510. The molecule has 0 spiro atoms. The van der Waals surface area contributed by atoms with E-state index in [9.17, 15) is 9.18 Å². The predicted octanol–water partition coefficient (Wildman–Crippen LogP) is 3.96. The lowest BCUT2D eigenvalue weighted by atomic mass is 9.95. The fourth-order valence-electron chi connectivity index (χ4n) is 3.41. The Bertz CT molecular complexity index is 1080. The molecule has 4 rings (SSSR count). The number of halogens is 1. The molecule has 2 aromatic carbocycles. The van der Waals surface area contributed by atoms with Crippen LogP contribution in [0.5, 0.6) is 0 Å². The van der Waals surface area contributed by atoms with Crippen LogP contribution in [-0.4, -0.2) is 20.7 Å². The maximum Gasteiger partial charge on any atom is 0.255 e. The van der Waals surface area contributed by atoms with Gasteiger partial charge in [0.1, 0.15) is 18.2 Å². The normalized spacial score (nSPS) is 15.8. The van der Waals surface area contributed by atoms with Crippen LogP contribution in [0.15, 0.2) is 60.1 Å². The lowest BCUT2D eigenvalue weighted by Gasteiger charge is -2.29. The third kappa shape index (κ3) is 3.05. The van der Waals surface area contributed by atoms with Crippen LogP contribution in [0.3, 0.4) is 0 Å². The number of carbonyl (C=O) groups is 1. The number of aromatic nitrogens is 3. The molecule has 2 N–H and O–H groups in total. The number of allylic oxidation sites excluding steroid dienone is 1. The molecule has 0 fully saturated rings. The van der Waals surface area contributed by atoms with Gasteiger partial charge in [-0.25, -0.2) is 9.07 Å². The van der Waals surface area contributed by atoms with E-state index in [0.29, 0.717) is 17.2 Å². The molecule has 1 unspecified atom stereocenters. The number of fused-ring (bicyclic) bond motifs is 1. The Hall–Kier alpha value is -3.48. The van der Waals surface area contributed by atoms with Crippen molar-refractivity contribution in [3.8, 4) is 0 Å². The van der Waals surface area contributed by atoms with Gasteiger partial charge in [-0.15, -0.1) is 0 Å². The van der Waals surface area contributed by atoms with E-state index in [2.05, 4.69) is 20.7 Å². The molecular weight excluding hydrogens is 357 g/mol. The first kappa shape index (κ1) is 17.9. The molecule has 0 aliphatic carbocycles. The Morgan fingerprint density at radius 1 is 1.14 bits per heavy atom. The molecule has 2 heterocycles. The molecule has 1 aromatic heterocycles. The predicted molar refractivity (Wildman–Crippen MR) is 105 cm³/mol. The van der Waals surface area contributed by atoms with Crippen molar-refractivity contribution in [2.75, 3.05) is 10.6 Å². The Labute approximate surface area is 162 Å². The molecule has 0 bridgehead atoms. The smallest absolute Gasteiger partial charge is 0.255 e. The molecule has 3 aromatic rings. The van der Waals surface area contributed by atoms with E-state index in [1.54, 1.807) is 16.8 Å². The van der Waals surface area contributed by atoms with Crippen molar-refractivity contribution in [2.24, 2.45) is 0 Å². The maximum atomic E-state index is 13.5. The monoisotopic (exact) mass is 377 g/mol. The molecule has 0 saturated carbocycles. The first-order valence-electron chi connectivity index (χ1n) is 8.96. The minimum Gasteiger partial charge on any atom is -0.328 e. The summed E-state index contributed by atoms with van der Waals surface area (Å²) in [6.07, 6.45) is 1.43. The second-order valence-electron chi connectivity index (χ2n) is 6.85. The van der Waals surface area contributed by atoms with Crippen LogP contribution in [0.25, 0.3) is 0 Å². The summed E-state index contributed by atoms with van der Waals surface area (Å²) in [6.45, 7) is 5.80. The van der Waals surface area contributed by atoms with Gasteiger partial charge in [-0.2, -0.15) is 10.1 Å². The first-order valence-corrected chi connectivity index (χ1v) is 8.96. The number of hydrogen-bond donors (Lipinski definition) is 2. The largest absolute Gasteiger partial charge is 0.328 e. The van der Waals surface area contributed by atoms with Crippen LogP contribution >= 0.6 is 0 Å². The number of carbonyl (C=O) groups excluding carboxylic acids is 1. The van der Waals surface area contributed by atoms with Gasteiger partial charge in [0, 0.05) is 11.4 Å². The lowest BCUT2D eigenvalue weighted by Crippen LogP contribution is -2.31. The Morgan fingerprint density at radius 3 is 2.64 bits per heavy atom. The summed E-state index contributed by atoms with van der Waals surface area (Å²) >= 11 is 0. The van der Waals surface area contributed by atoms with Gasteiger partial charge >= 0.3 is 0 Å². The highest BCUT2D eigenvalue weighted by Gasteiger charge is 2.33. The van der Waals surface area contributed by atoms with E-state index >= 15 is 0 Å². The zero-order valence-electron chi connectivity index (χ0n) is 15.8. The lowest BCUT2D eigenvalue weighted by molar-refractivity contribution is -0.113. The average Bonchev–Trinajstić information content (AvgIpc) is 3.13. The molecule has 1 atom stereocenters. The summed E-state index contributed by atoms with van der Waals surface area (Å²) in [4.78, 5) is 17.5. The third-order valence-electron chi connectivity index (χ3n) is 5.08. The average molecular weight is 377 g/mol. The molecule has 1 aliphatic rings. The second kappa shape index (κ2) is 6.92. The number of amides is 1. The molecular formula is C21H20FN5O. The molecule has 0 saturated heterocycles. The maximum absolute atomic E-state index is 13.5. The number of aryl methyl sites for hydroxylation is 1. The topological polar surface area (TPSA) is 71.8 Å². The highest BCUT2D eigenvalue weighted by atomic mass is 19.1. The van der Waals surface area contributed by atoms with Crippen molar-refractivity contribution in [2.45, 2.75) is 26.8 Å². The Morgan fingerprint density at radius 2 is 1.89 bits per heavy atom. The van der Waals surface area contributed by atoms with E-state index in [4.69, 9.17) is 0 Å². The first-order chi connectivity index (χ1) is 13.5. The second-order valence-corrected chi connectivity index (χ2v) is 6.85. The van der Waals surface area contributed by atoms with Crippen LogP contribution in [-0.2, 0) is 4.79 Å². The summed E-state index contributed by atoms with van der Waals surface area (Å²) in [5.41, 5.74) is 4.80. The van der Waals surface area contributed by atoms with Crippen molar-refractivity contribution in [1.29, 1.82) is 0 Å². The summed E-state index contributed by atoms with van der Waals surface area (Å²) in [5, 5.41) is 10.4. The van der Waals surface area contributed by atoms with Gasteiger partial charge in [0.25, 0.3) is 5.91 Å². The summed E-state index contributed by atoms with van der Waals surface area (Å²) in [7, 11) is 0. The Kier molecular flexibility index (Phi) is 4.43. The van der Waals surface area contributed by atoms with Gasteiger partial charge in [0.2, 0.25) is 5.95 Å². The van der Waals surface area contributed by atoms with Crippen LogP contribution in [0, 0.1) is 19.7 Å². The van der Waals surface area contributed by atoms with Crippen molar-refractivity contribution in [3.63, 3.8) is 0 Å². The number of anilines is 2. The van der Waals surface area contributed by atoms with E-state index in [1.165, 1.54) is 18.5 Å². The minimum absolute atomic E-state index is 0.242. The zero-order chi connectivity index (χ0) is 19.8. The Balaban J connectivity index is 1.77.